The number of benzene rings is 2. The fourth-order valence-electron chi connectivity index (χ4n) is 2.98. The second-order valence-corrected chi connectivity index (χ2v) is 7.48. The van der Waals surface area contributed by atoms with Crippen LogP contribution in [-0.4, -0.2) is 21.6 Å². The molecule has 1 aliphatic rings. The Hall–Kier alpha value is -2.90. The van der Waals surface area contributed by atoms with Crippen molar-refractivity contribution in [1.29, 1.82) is 0 Å². The molecule has 0 spiro atoms. The molecule has 0 radical (unpaired) electrons. The third-order valence-corrected chi connectivity index (χ3v) is 5.09. The van der Waals surface area contributed by atoms with Crippen LogP contribution in [0.3, 0.4) is 0 Å². The molecule has 1 saturated carbocycles. The van der Waals surface area contributed by atoms with Gasteiger partial charge in [-0.2, -0.15) is 5.10 Å². The number of carbonyl (C=O) groups is 2. The van der Waals surface area contributed by atoms with Crippen LogP contribution >= 0.6 is 23.2 Å². The second kappa shape index (κ2) is 7.85. The number of halogens is 3. The van der Waals surface area contributed by atoms with Gasteiger partial charge in [0.05, 0.1) is 28.2 Å². The molecule has 148 valence electrons. The minimum atomic E-state index is -0.556. The van der Waals surface area contributed by atoms with Gasteiger partial charge in [0.25, 0.3) is 11.8 Å². The highest BCUT2D eigenvalue weighted by atomic mass is 35.5. The monoisotopic (exact) mass is 432 g/mol. The predicted molar refractivity (Wildman–Crippen MR) is 107 cm³/mol. The smallest absolute Gasteiger partial charge is 0.267 e. The van der Waals surface area contributed by atoms with Crippen molar-refractivity contribution in [3.63, 3.8) is 0 Å². The van der Waals surface area contributed by atoms with Gasteiger partial charge in [-0.3, -0.25) is 20.4 Å². The Kier molecular flexibility index (Phi) is 5.25. The zero-order valence-corrected chi connectivity index (χ0v) is 16.5. The maximum absolute atomic E-state index is 13.0. The summed E-state index contributed by atoms with van der Waals surface area (Å²) in [5.74, 6) is -1.33. The van der Waals surface area contributed by atoms with E-state index in [4.69, 9.17) is 23.2 Å². The maximum atomic E-state index is 13.0. The maximum Gasteiger partial charge on any atom is 0.273 e. The third kappa shape index (κ3) is 4.11. The number of carbonyl (C=O) groups excluding carboxylic acids is 2. The van der Waals surface area contributed by atoms with E-state index in [1.165, 1.54) is 30.5 Å². The van der Waals surface area contributed by atoms with Crippen molar-refractivity contribution in [3.8, 4) is 5.69 Å². The van der Waals surface area contributed by atoms with Gasteiger partial charge in [-0.25, -0.2) is 9.07 Å². The zero-order chi connectivity index (χ0) is 20.5. The molecular weight excluding hydrogens is 418 g/mol. The summed E-state index contributed by atoms with van der Waals surface area (Å²) >= 11 is 12.3. The SMILES string of the molecule is O=C(NNC(=O)c1cnn(-c2ccc(Cl)cc2Cl)c1C1CC1)c1ccc(F)cc1. The molecule has 3 aromatic rings. The van der Waals surface area contributed by atoms with E-state index in [-0.39, 0.29) is 11.5 Å². The number of hydrazine groups is 1. The van der Waals surface area contributed by atoms with Gasteiger partial charge in [0.15, 0.2) is 0 Å². The van der Waals surface area contributed by atoms with Crippen LogP contribution in [0, 0.1) is 5.82 Å². The number of nitrogens with zero attached hydrogens (tertiary/aromatic N) is 2. The van der Waals surface area contributed by atoms with Gasteiger partial charge in [-0.1, -0.05) is 23.2 Å². The van der Waals surface area contributed by atoms with Crippen LogP contribution in [0.1, 0.15) is 45.2 Å². The molecule has 9 heteroatoms. The quantitative estimate of drug-likeness (QED) is 0.604. The second-order valence-electron chi connectivity index (χ2n) is 6.64. The highest BCUT2D eigenvalue weighted by Crippen LogP contribution is 2.43. The number of hydrogen-bond donors (Lipinski definition) is 2. The Morgan fingerprint density at radius 2 is 1.72 bits per heavy atom. The minimum absolute atomic E-state index is 0.179. The average molecular weight is 433 g/mol. The van der Waals surface area contributed by atoms with Gasteiger partial charge in [0.2, 0.25) is 0 Å². The van der Waals surface area contributed by atoms with E-state index in [9.17, 15) is 14.0 Å². The molecule has 1 fully saturated rings. The fraction of sp³-hybridized carbons (Fsp3) is 0.150. The first kappa shape index (κ1) is 19.4. The molecule has 0 bridgehead atoms. The van der Waals surface area contributed by atoms with Crippen LogP contribution in [0.5, 0.6) is 0 Å². The van der Waals surface area contributed by atoms with Crippen LogP contribution in [0.25, 0.3) is 5.69 Å². The van der Waals surface area contributed by atoms with Crippen LogP contribution in [0.15, 0.2) is 48.7 Å². The largest absolute Gasteiger partial charge is 0.273 e. The number of aromatic nitrogens is 2. The number of nitrogens with one attached hydrogen (secondary N) is 2. The Morgan fingerprint density at radius 1 is 1.03 bits per heavy atom. The van der Waals surface area contributed by atoms with Gasteiger partial charge >= 0.3 is 0 Å². The molecule has 1 aromatic heterocycles. The van der Waals surface area contributed by atoms with Crippen molar-refractivity contribution in [3.05, 3.63) is 81.3 Å². The van der Waals surface area contributed by atoms with Crippen LogP contribution in [0.4, 0.5) is 4.39 Å². The predicted octanol–water partition coefficient (Wildman–Crippen LogP) is 4.27. The lowest BCUT2D eigenvalue weighted by molar-refractivity contribution is 0.0846. The summed E-state index contributed by atoms with van der Waals surface area (Å²) in [6, 6.07) is 10.0. The summed E-state index contributed by atoms with van der Waals surface area (Å²) in [6.45, 7) is 0. The lowest BCUT2D eigenvalue weighted by Crippen LogP contribution is -2.41. The van der Waals surface area contributed by atoms with Crippen molar-refractivity contribution < 1.29 is 14.0 Å². The first-order chi connectivity index (χ1) is 13.9. The van der Waals surface area contributed by atoms with E-state index < -0.39 is 17.6 Å². The number of rotatable bonds is 4. The van der Waals surface area contributed by atoms with Gasteiger partial charge in [0, 0.05) is 16.5 Å². The molecule has 2 amide bonds. The molecule has 0 atom stereocenters. The molecule has 2 N–H and O–H groups in total. The molecular formula is C20H15Cl2FN4O2. The molecule has 0 unspecified atom stereocenters. The number of amides is 2. The molecule has 29 heavy (non-hydrogen) atoms. The van der Waals surface area contributed by atoms with Crippen molar-refractivity contribution >= 4 is 35.0 Å². The lowest BCUT2D eigenvalue weighted by Gasteiger charge is -2.11. The Morgan fingerprint density at radius 3 is 2.38 bits per heavy atom. The summed E-state index contributed by atoms with van der Waals surface area (Å²) in [6.07, 6.45) is 3.30. The van der Waals surface area contributed by atoms with Crippen LogP contribution in [-0.2, 0) is 0 Å². The summed E-state index contributed by atoms with van der Waals surface area (Å²) in [4.78, 5) is 24.8. The first-order valence-corrected chi connectivity index (χ1v) is 9.59. The molecule has 0 saturated heterocycles. The van der Waals surface area contributed by atoms with Crippen LogP contribution in [0.2, 0.25) is 10.0 Å². The van der Waals surface area contributed by atoms with E-state index in [1.54, 1.807) is 22.9 Å². The van der Waals surface area contributed by atoms with Crippen molar-refractivity contribution in [1.82, 2.24) is 20.6 Å². The van der Waals surface area contributed by atoms with Gasteiger partial charge < -0.3 is 0 Å². The molecule has 2 aromatic carbocycles. The normalized spacial score (nSPS) is 13.2. The molecule has 4 rings (SSSR count). The van der Waals surface area contributed by atoms with Crippen molar-refractivity contribution in [2.45, 2.75) is 18.8 Å². The van der Waals surface area contributed by atoms with Gasteiger partial charge in [0.1, 0.15) is 5.82 Å². The highest BCUT2D eigenvalue weighted by Gasteiger charge is 2.33. The zero-order valence-electron chi connectivity index (χ0n) is 15.0. The van der Waals surface area contributed by atoms with Crippen LogP contribution < -0.4 is 10.9 Å². The Labute approximate surface area is 175 Å². The molecule has 1 heterocycles. The third-order valence-electron chi connectivity index (χ3n) is 4.55. The van der Waals surface area contributed by atoms with Gasteiger partial charge in [-0.15, -0.1) is 0 Å². The molecule has 1 aliphatic carbocycles. The molecule has 6 nitrogen and oxygen atoms in total. The van der Waals surface area contributed by atoms with E-state index in [0.717, 1.165) is 18.5 Å². The Bertz CT molecular complexity index is 1090. The molecule has 0 aliphatic heterocycles. The Balaban J connectivity index is 1.55. The lowest BCUT2D eigenvalue weighted by atomic mass is 10.1. The summed E-state index contributed by atoms with van der Waals surface area (Å²) in [5, 5.41) is 5.24. The minimum Gasteiger partial charge on any atom is -0.267 e. The van der Waals surface area contributed by atoms with E-state index >= 15 is 0 Å². The summed E-state index contributed by atoms with van der Waals surface area (Å²) < 4.78 is 14.6. The van der Waals surface area contributed by atoms with Crippen molar-refractivity contribution in [2.24, 2.45) is 0 Å². The van der Waals surface area contributed by atoms with E-state index in [2.05, 4.69) is 16.0 Å². The van der Waals surface area contributed by atoms with Crippen molar-refractivity contribution in [2.75, 3.05) is 0 Å². The standard InChI is InChI=1S/C20H15Cl2FN4O2/c21-13-5-8-17(16(22)9-13)27-18(11-1-2-11)15(10-24-27)20(29)26-25-19(28)12-3-6-14(23)7-4-12/h3-11H,1-2H2,(H,25,28)(H,26,29). The van der Waals surface area contributed by atoms with E-state index in [0.29, 0.717) is 21.3 Å². The van der Waals surface area contributed by atoms with E-state index in [1.807, 2.05) is 0 Å². The summed E-state index contributed by atoms with van der Waals surface area (Å²) in [5.41, 5.74) is 6.62. The topological polar surface area (TPSA) is 76.0 Å². The average Bonchev–Trinajstić information content (AvgIpc) is 3.45. The fourth-order valence-corrected chi connectivity index (χ4v) is 3.47. The summed E-state index contributed by atoms with van der Waals surface area (Å²) in [7, 11) is 0. The highest BCUT2D eigenvalue weighted by molar-refractivity contribution is 6.35. The van der Waals surface area contributed by atoms with Gasteiger partial charge in [-0.05, 0) is 55.3 Å². The first-order valence-electron chi connectivity index (χ1n) is 8.83. The number of hydrogen-bond acceptors (Lipinski definition) is 3.